The molecule has 0 unspecified atom stereocenters. The highest BCUT2D eigenvalue weighted by atomic mass is 32.2. The highest BCUT2D eigenvalue weighted by Gasteiger charge is 2.33. The fourth-order valence-electron chi connectivity index (χ4n) is 1.21. The van der Waals surface area contributed by atoms with Crippen LogP contribution < -0.4 is 0 Å². The summed E-state index contributed by atoms with van der Waals surface area (Å²) in [6.45, 7) is 3.06. The number of nitrogens with zero attached hydrogens (tertiary/aromatic N) is 1. The van der Waals surface area contributed by atoms with Gasteiger partial charge in [0.25, 0.3) is 5.69 Å². The van der Waals surface area contributed by atoms with Crippen molar-refractivity contribution in [2.24, 2.45) is 0 Å². The van der Waals surface area contributed by atoms with E-state index in [0.29, 0.717) is 5.56 Å². The number of sulfone groups is 1. The van der Waals surface area contributed by atoms with Gasteiger partial charge in [-0.15, -0.1) is 0 Å². The van der Waals surface area contributed by atoms with E-state index in [4.69, 9.17) is 0 Å². The number of rotatable bonds is 3. The van der Waals surface area contributed by atoms with E-state index in [9.17, 15) is 18.5 Å². The summed E-state index contributed by atoms with van der Waals surface area (Å²) in [7, 11) is -3.32. The van der Waals surface area contributed by atoms with E-state index in [0.717, 1.165) is 6.26 Å². The standard InChI is InChI=1S/C10H13NO4S/c1-10(2,16(3,14)15)8-5-4-6-9(7-8)11(12)13/h4-7H,1-3H3. The Balaban J connectivity index is 3.35. The smallest absolute Gasteiger partial charge is 0.258 e. The van der Waals surface area contributed by atoms with E-state index in [-0.39, 0.29) is 5.69 Å². The van der Waals surface area contributed by atoms with Crippen molar-refractivity contribution in [1.82, 2.24) is 0 Å². The van der Waals surface area contributed by atoms with Gasteiger partial charge >= 0.3 is 0 Å². The first kappa shape index (κ1) is 12.6. The molecule has 0 N–H and O–H groups in total. The van der Waals surface area contributed by atoms with Gasteiger partial charge in [-0.05, 0) is 19.4 Å². The largest absolute Gasteiger partial charge is 0.269 e. The second kappa shape index (κ2) is 3.86. The summed E-state index contributed by atoms with van der Waals surface area (Å²) < 4.78 is 22.0. The third kappa shape index (κ3) is 2.21. The number of hydrogen-bond donors (Lipinski definition) is 0. The van der Waals surface area contributed by atoms with Crippen LogP contribution in [0.25, 0.3) is 0 Å². The Morgan fingerprint density at radius 3 is 2.31 bits per heavy atom. The second-order valence-corrected chi connectivity index (χ2v) is 6.65. The van der Waals surface area contributed by atoms with Crippen molar-refractivity contribution in [3.63, 3.8) is 0 Å². The third-order valence-corrected chi connectivity index (χ3v) is 4.77. The summed E-state index contributed by atoms with van der Waals surface area (Å²) in [5.74, 6) is 0. The van der Waals surface area contributed by atoms with E-state index < -0.39 is 19.5 Å². The lowest BCUT2D eigenvalue weighted by Gasteiger charge is -2.22. The summed E-state index contributed by atoms with van der Waals surface area (Å²) in [5.41, 5.74) is 0.318. The first-order chi connectivity index (χ1) is 7.16. The van der Waals surface area contributed by atoms with Crippen LogP contribution in [0.15, 0.2) is 24.3 Å². The van der Waals surface area contributed by atoms with Crippen LogP contribution in [0.1, 0.15) is 19.4 Å². The molecule has 0 atom stereocenters. The average molecular weight is 243 g/mol. The van der Waals surface area contributed by atoms with Crippen LogP contribution in [0.3, 0.4) is 0 Å². The zero-order valence-electron chi connectivity index (χ0n) is 9.30. The van der Waals surface area contributed by atoms with E-state index in [2.05, 4.69) is 0 Å². The van der Waals surface area contributed by atoms with Crippen molar-refractivity contribution >= 4 is 15.5 Å². The Kier molecular flexibility index (Phi) is 3.05. The summed E-state index contributed by atoms with van der Waals surface area (Å²) in [6.07, 6.45) is 1.12. The molecule has 0 bridgehead atoms. The van der Waals surface area contributed by atoms with Gasteiger partial charge in [0.05, 0.1) is 9.67 Å². The first-order valence-electron chi connectivity index (χ1n) is 4.61. The van der Waals surface area contributed by atoms with Gasteiger partial charge in [-0.1, -0.05) is 12.1 Å². The van der Waals surface area contributed by atoms with Crippen LogP contribution in [0.2, 0.25) is 0 Å². The summed E-state index contributed by atoms with van der Waals surface area (Å²) in [5, 5.41) is 10.6. The number of benzene rings is 1. The topological polar surface area (TPSA) is 77.3 Å². The third-order valence-electron chi connectivity index (χ3n) is 2.68. The Morgan fingerprint density at radius 2 is 1.88 bits per heavy atom. The SMILES string of the molecule is CC(C)(c1cccc([N+](=O)[O-])c1)S(C)(=O)=O. The van der Waals surface area contributed by atoms with Crippen LogP contribution in [0, 0.1) is 10.1 Å². The van der Waals surface area contributed by atoms with Crippen molar-refractivity contribution in [2.75, 3.05) is 6.26 Å². The van der Waals surface area contributed by atoms with E-state index in [1.54, 1.807) is 6.07 Å². The molecule has 0 spiro atoms. The Bertz CT molecular complexity index is 519. The molecule has 0 aliphatic heterocycles. The molecule has 5 nitrogen and oxygen atoms in total. The van der Waals surface area contributed by atoms with Gasteiger partial charge in [0.2, 0.25) is 0 Å². The van der Waals surface area contributed by atoms with E-state index >= 15 is 0 Å². The summed E-state index contributed by atoms with van der Waals surface area (Å²) >= 11 is 0. The highest BCUT2D eigenvalue weighted by Crippen LogP contribution is 2.30. The predicted octanol–water partition coefficient (Wildman–Crippen LogP) is 1.87. The number of nitro benzene ring substituents is 1. The van der Waals surface area contributed by atoms with Crippen LogP contribution in [0.4, 0.5) is 5.69 Å². The lowest BCUT2D eigenvalue weighted by atomic mass is 10.0. The number of nitro groups is 1. The molecule has 0 aliphatic carbocycles. The lowest BCUT2D eigenvalue weighted by molar-refractivity contribution is -0.384. The summed E-state index contributed by atoms with van der Waals surface area (Å²) in [6, 6.07) is 5.69. The zero-order valence-corrected chi connectivity index (χ0v) is 10.1. The molecule has 1 aromatic rings. The lowest BCUT2D eigenvalue weighted by Crippen LogP contribution is -2.28. The maximum atomic E-state index is 11.6. The minimum atomic E-state index is -3.32. The average Bonchev–Trinajstić information content (AvgIpc) is 2.16. The maximum absolute atomic E-state index is 11.6. The minimum absolute atomic E-state index is 0.103. The fraction of sp³-hybridized carbons (Fsp3) is 0.400. The normalized spacial score (nSPS) is 12.4. The molecule has 0 saturated carbocycles. The van der Waals surface area contributed by atoms with Gasteiger partial charge < -0.3 is 0 Å². The molecule has 1 aromatic carbocycles. The van der Waals surface area contributed by atoms with Crippen molar-refractivity contribution in [2.45, 2.75) is 18.6 Å². The predicted molar refractivity (Wildman–Crippen MR) is 61.0 cm³/mol. The van der Waals surface area contributed by atoms with Gasteiger partial charge in [0, 0.05) is 18.4 Å². The Hall–Kier alpha value is -1.43. The second-order valence-electron chi connectivity index (χ2n) is 4.09. The molecule has 0 saturated heterocycles. The zero-order chi connectivity index (χ0) is 12.6. The molecule has 16 heavy (non-hydrogen) atoms. The molecule has 0 radical (unpaired) electrons. The van der Waals surface area contributed by atoms with Gasteiger partial charge in [0.1, 0.15) is 0 Å². The highest BCUT2D eigenvalue weighted by molar-refractivity contribution is 7.91. The van der Waals surface area contributed by atoms with Crippen molar-refractivity contribution in [3.8, 4) is 0 Å². The molecule has 0 heterocycles. The van der Waals surface area contributed by atoms with Crippen LogP contribution in [-0.4, -0.2) is 19.6 Å². The number of hydrogen-bond acceptors (Lipinski definition) is 4. The van der Waals surface area contributed by atoms with Gasteiger partial charge in [0.15, 0.2) is 9.84 Å². The Morgan fingerprint density at radius 1 is 1.31 bits per heavy atom. The minimum Gasteiger partial charge on any atom is -0.258 e. The summed E-state index contributed by atoms with van der Waals surface area (Å²) in [4.78, 5) is 10.0. The van der Waals surface area contributed by atoms with Gasteiger partial charge in [-0.25, -0.2) is 8.42 Å². The molecule has 1 rings (SSSR count). The van der Waals surface area contributed by atoms with Crippen molar-refractivity contribution in [3.05, 3.63) is 39.9 Å². The fourth-order valence-corrected chi connectivity index (χ4v) is 1.76. The molecular formula is C10H13NO4S. The van der Waals surface area contributed by atoms with E-state index in [1.807, 2.05) is 0 Å². The first-order valence-corrected chi connectivity index (χ1v) is 6.50. The molecule has 0 aliphatic rings. The molecule has 6 heteroatoms. The van der Waals surface area contributed by atoms with Crippen molar-refractivity contribution < 1.29 is 13.3 Å². The van der Waals surface area contributed by atoms with Gasteiger partial charge in [-0.3, -0.25) is 10.1 Å². The van der Waals surface area contributed by atoms with Crippen LogP contribution >= 0.6 is 0 Å². The molecule has 0 amide bonds. The van der Waals surface area contributed by atoms with Gasteiger partial charge in [-0.2, -0.15) is 0 Å². The van der Waals surface area contributed by atoms with Crippen LogP contribution in [0.5, 0.6) is 0 Å². The van der Waals surface area contributed by atoms with Crippen LogP contribution in [-0.2, 0) is 14.6 Å². The quantitative estimate of drug-likeness (QED) is 0.599. The molecule has 0 aromatic heterocycles. The number of non-ortho nitro benzene ring substituents is 1. The maximum Gasteiger partial charge on any atom is 0.269 e. The monoisotopic (exact) mass is 243 g/mol. The molecular weight excluding hydrogens is 230 g/mol. The molecule has 88 valence electrons. The van der Waals surface area contributed by atoms with E-state index in [1.165, 1.54) is 32.0 Å². The van der Waals surface area contributed by atoms with Crippen molar-refractivity contribution in [1.29, 1.82) is 0 Å². The molecule has 0 fully saturated rings. The Labute approximate surface area is 94.2 Å².